The van der Waals surface area contributed by atoms with Crippen LogP contribution < -0.4 is 10.2 Å². The maximum Gasteiger partial charge on any atom is 0.266 e. The van der Waals surface area contributed by atoms with Crippen LogP contribution in [0.25, 0.3) is 16.5 Å². The third kappa shape index (κ3) is 4.77. The number of carbonyl (C=O) groups excluding carboxylic acids is 1. The molecule has 0 radical (unpaired) electrons. The summed E-state index contributed by atoms with van der Waals surface area (Å²) in [6.07, 6.45) is 1.63. The molecule has 5 nitrogen and oxygen atoms in total. The second-order valence-corrected chi connectivity index (χ2v) is 7.95. The number of nitrogens with zero attached hydrogens (tertiary/aromatic N) is 2. The number of ether oxygens (including phenoxy) is 1. The third-order valence-corrected chi connectivity index (χ3v) is 5.92. The van der Waals surface area contributed by atoms with Gasteiger partial charge in [-0.25, -0.2) is 0 Å². The SMILES string of the molecule is N#C/C(=C\c1ccc(-c2ccccc2)s1)C(=O)Nc1ccc(N2CCOCC2)cc1. The first-order chi connectivity index (χ1) is 14.7. The molecule has 4 rings (SSSR count). The summed E-state index contributed by atoms with van der Waals surface area (Å²) in [5, 5.41) is 12.3. The van der Waals surface area contributed by atoms with Crippen molar-refractivity contribution in [3.63, 3.8) is 0 Å². The zero-order chi connectivity index (χ0) is 20.8. The fourth-order valence-corrected chi connectivity index (χ4v) is 4.21. The van der Waals surface area contributed by atoms with Crippen molar-refractivity contribution in [2.75, 3.05) is 36.5 Å². The highest BCUT2D eigenvalue weighted by Gasteiger charge is 2.13. The fourth-order valence-electron chi connectivity index (χ4n) is 3.25. The number of anilines is 2. The van der Waals surface area contributed by atoms with Crippen molar-refractivity contribution < 1.29 is 9.53 Å². The molecule has 0 aliphatic carbocycles. The van der Waals surface area contributed by atoms with Gasteiger partial charge in [0, 0.05) is 34.2 Å². The van der Waals surface area contributed by atoms with Crippen molar-refractivity contribution in [1.29, 1.82) is 5.26 Å². The first kappa shape index (κ1) is 19.9. The van der Waals surface area contributed by atoms with Crippen molar-refractivity contribution in [3.05, 3.63) is 77.2 Å². The molecule has 150 valence electrons. The minimum atomic E-state index is -0.411. The number of nitriles is 1. The van der Waals surface area contributed by atoms with Gasteiger partial charge in [-0.2, -0.15) is 5.26 Å². The molecule has 2 heterocycles. The Kier molecular flexibility index (Phi) is 6.23. The highest BCUT2D eigenvalue weighted by molar-refractivity contribution is 7.16. The minimum Gasteiger partial charge on any atom is -0.378 e. The van der Waals surface area contributed by atoms with Gasteiger partial charge >= 0.3 is 0 Å². The van der Waals surface area contributed by atoms with Crippen molar-refractivity contribution in [3.8, 4) is 16.5 Å². The lowest BCUT2D eigenvalue weighted by atomic mass is 10.2. The Morgan fingerprint density at radius 1 is 1.03 bits per heavy atom. The second kappa shape index (κ2) is 9.40. The van der Waals surface area contributed by atoms with Gasteiger partial charge in [0.15, 0.2) is 0 Å². The zero-order valence-corrected chi connectivity index (χ0v) is 17.2. The average molecular weight is 416 g/mol. The van der Waals surface area contributed by atoms with Crippen molar-refractivity contribution in [1.82, 2.24) is 0 Å². The molecule has 2 aromatic carbocycles. The quantitative estimate of drug-likeness (QED) is 0.480. The molecule has 0 atom stereocenters. The Morgan fingerprint density at radius 2 is 1.77 bits per heavy atom. The molecule has 1 aliphatic heterocycles. The van der Waals surface area contributed by atoms with Crippen LogP contribution in [0.5, 0.6) is 0 Å². The fraction of sp³-hybridized carbons (Fsp3) is 0.167. The number of thiophene rings is 1. The van der Waals surface area contributed by atoms with Crippen LogP contribution >= 0.6 is 11.3 Å². The number of nitrogens with one attached hydrogen (secondary N) is 1. The summed E-state index contributed by atoms with van der Waals surface area (Å²) in [5.41, 5.74) is 2.95. The van der Waals surface area contributed by atoms with Crippen LogP contribution in [-0.2, 0) is 9.53 Å². The molecule has 0 saturated carbocycles. The minimum absolute atomic E-state index is 0.0775. The molecule has 30 heavy (non-hydrogen) atoms. The molecule has 1 aliphatic rings. The van der Waals surface area contributed by atoms with E-state index in [-0.39, 0.29) is 5.57 Å². The number of morpholine rings is 1. The molecule has 3 aromatic rings. The number of carbonyl (C=O) groups is 1. The molecule has 6 heteroatoms. The number of hydrogen-bond acceptors (Lipinski definition) is 5. The van der Waals surface area contributed by atoms with E-state index in [0.717, 1.165) is 47.3 Å². The number of amides is 1. The van der Waals surface area contributed by atoms with Crippen molar-refractivity contribution >= 4 is 34.7 Å². The van der Waals surface area contributed by atoms with Crippen LogP contribution in [-0.4, -0.2) is 32.2 Å². The molecule has 0 bridgehead atoms. The normalized spacial score (nSPS) is 14.2. The smallest absolute Gasteiger partial charge is 0.266 e. The maximum atomic E-state index is 12.6. The van der Waals surface area contributed by atoms with E-state index in [1.165, 1.54) is 0 Å². The van der Waals surface area contributed by atoms with E-state index in [0.29, 0.717) is 5.69 Å². The molecular formula is C24H21N3O2S. The Bertz CT molecular complexity index is 1080. The second-order valence-electron chi connectivity index (χ2n) is 6.84. The molecule has 1 fully saturated rings. The molecular weight excluding hydrogens is 394 g/mol. The summed E-state index contributed by atoms with van der Waals surface area (Å²) in [7, 11) is 0. The molecule has 0 spiro atoms. The van der Waals surface area contributed by atoms with Crippen LogP contribution in [0.3, 0.4) is 0 Å². The summed E-state index contributed by atoms with van der Waals surface area (Å²) in [6.45, 7) is 3.17. The molecule has 1 amide bonds. The topological polar surface area (TPSA) is 65.4 Å². The van der Waals surface area contributed by atoms with Crippen LogP contribution in [0.1, 0.15) is 4.88 Å². The lowest BCUT2D eigenvalue weighted by Gasteiger charge is -2.28. The summed E-state index contributed by atoms with van der Waals surface area (Å²) in [6, 6.07) is 23.6. The number of benzene rings is 2. The number of rotatable bonds is 5. The Balaban J connectivity index is 1.44. The highest BCUT2D eigenvalue weighted by atomic mass is 32.1. The molecule has 1 N–H and O–H groups in total. The average Bonchev–Trinajstić information content (AvgIpc) is 3.28. The Hall–Kier alpha value is -3.40. The first-order valence-electron chi connectivity index (χ1n) is 9.74. The van der Waals surface area contributed by atoms with Crippen LogP contribution in [0.15, 0.2) is 72.3 Å². The van der Waals surface area contributed by atoms with Gasteiger partial charge in [0.25, 0.3) is 5.91 Å². The monoisotopic (exact) mass is 415 g/mol. The predicted octanol–water partition coefficient (Wildman–Crippen LogP) is 4.80. The summed E-state index contributed by atoms with van der Waals surface area (Å²) in [5.74, 6) is -0.411. The first-order valence-corrected chi connectivity index (χ1v) is 10.6. The van der Waals surface area contributed by atoms with E-state index in [1.807, 2.05) is 72.8 Å². The van der Waals surface area contributed by atoms with Crippen LogP contribution in [0.2, 0.25) is 0 Å². The van der Waals surface area contributed by atoms with Gasteiger partial charge < -0.3 is 15.0 Å². The van der Waals surface area contributed by atoms with Gasteiger partial charge in [0.05, 0.1) is 13.2 Å². The van der Waals surface area contributed by atoms with Gasteiger partial charge in [0.1, 0.15) is 11.6 Å². The van der Waals surface area contributed by atoms with Crippen LogP contribution in [0, 0.1) is 11.3 Å². The van der Waals surface area contributed by atoms with Gasteiger partial charge in [-0.3, -0.25) is 4.79 Å². The molecule has 0 unspecified atom stereocenters. The predicted molar refractivity (Wildman–Crippen MR) is 121 cm³/mol. The van der Waals surface area contributed by atoms with Crippen molar-refractivity contribution in [2.45, 2.75) is 0 Å². The summed E-state index contributed by atoms with van der Waals surface area (Å²) >= 11 is 1.55. The Labute approximate surface area is 179 Å². The summed E-state index contributed by atoms with van der Waals surface area (Å²) < 4.78 is 5.38. The van der Waals surface area contributed by atoms with E-state index in [9.17, 15) is 10.1 Å². The zero-order valence-electron chi connectivity index (χ0n) is 16.4. The molecule has 1 saturated heterocycles. The van der Waals surface area contributed by atoms with E-state index in [2.05, 4.69) is 10.2 Å². The third-order valence-electron chi connectivity index (χ3n) is 4.84. The molecule has 1 aromatic heterocycles. The standard InChI is InChI=1S/C24H21N3O2S/c25-17-19(16-22-10-11-23(30-22)18-4-2-1-3-5-18)24(28)26-20-6-8-21(9-7-20)27-12-14-29-15-13-27/h1-11,16H,12-15H2,(H,26,28)/b19-16+. The van der Waals surface area contributed by atoms with Gasteiger partial charge in [0.2, 0.25) is 0 Å². The number of hydrogen-bond donors (Lipinski definition) is 1. The Morgan fingerprint density at radius 3 is 2.47 bits per heavy atom. The summed E-state index contributed by atoms with van der Waals surface area (Å²) in [4.78, 5) is 16.8. The van der Waals surface area contributed by atoms with Gasteiger partial charge in [-0.15, -0.1) is 11.3 Å². The van der Waals surface area contributed by atoms with Crippen molar-refractivity contribution in [2.24, 2.45) is 0 Å². The van der Waals surface area contributed by atoms with E-state index in [1.54, 1.807) is 17.4 Å². The van der Waals surface area contributed by atoms with E-state index < -0.39 is 5.91 Å². The highest BCUT2D eigenvalue weighted by Crippen LogP contribution is 2.29. The lowest BCUT2D eigenvalue weighted by molar-refractivity contribution is -0.112. The van der Waals surface area contributed by atoms with Gasteiger partial charge in [-0.1, -0.05) is 30.3 Å². The van der Waals surface area contributed by atoms with E-state index in [4.69, 9.17) is 4.74 Å². The van der Waals surface area contributed by atoms with Crippen LogP contribution in [0.4, 0.5) is 11.4 Å². The lowest BCUT2D eigenvalue weighted by Crippen LogP contribution is -2.36. The maximum absolute atomic E-state index is 12.6. The van der Waals surface area contributed by atoms with Gasteiger partial charge in [-0.05, 0) is 48.0 Å². The largest absolute Gasteiger partial charge is 0.378 e. The van der Waals surface area contributed by atoms with E-state index >= 15 is 0 Å².